The summed E-state index contributed by atoms with van der Waals surface area (Å²) in [5, 5.41) is 0.808. The van der Waals surface area contributed by atoms with E-state index in [1.807, 2.05) is 23.9 Å². The van der Waals surface area contributed by atoms with Crippen LogP contribution in [0, 0.1) is 5.92 Å². The molecule has 1 nitrogen and oxygen atoms in total. The van der Waals surface area contributed by atoms with Gasteiger partial charge < -0.3 is 5.73 Å². The van der Waals surface area contributed by atoms with Crippen molar-refractivity contribution in [2.75, 3.05) is 5.75 Å². The van der Waals surface area contributed by atoms with Crippen molar-refractivity contribution in [3.63, 3.8) is 0 Å². The summed E-state index contributed by atoms with van der Waals surface area (Å²) in [7, 11) is 0. The zero-order valence-electron chi connectivity index (χ0n) is 10.8. The van der Waals surface area contributed by atoms with Crippen LogP contribution >= 0.6 is 23.4 Å². The summed E-state index contributed by atoms with van der Waals surface area (Å²) in [5.74, 6) is 2.88. The molecule has 3 heteroatoms. The van der Waals surface area contributed by atoms with Gasteiger partial charge in [0.15, 0.2) is 0 Å². The molecule has 0 heterocycles. The average Bonchev–Trinajstić information content (AvgIpc) is 2.42. The third-order valence-electron chi connectivity index (χ3n) is 3.75. The molecule has 0 aliphatic heterocycles. The molecule has 0 saturated heterocycles. The largest absolute Gasteiger partial charge is 0.327 e. The van der Waals surface area contributed by atoms with Crippen LogP contribution in [0.4, 0.5) is 0 Å². The summed E-state index contributed by atoms with van der Waals surface area (Å²) in [6.07, 6.45) is 6.83. The zero-order chi connectivity index (χ0) is 12.8. The predicted molar refractivity (Wildman–Crippen MR) is 82.2 cm³/mol. The molecule has 0 radical (unpaired) electrons. The Morgan fingerprint density at radius 2 is 1.83 bits per heavy atom. The van der Waals surface area contributed by atoms with Gasteiger partial charge in [-0.15, -0.1) is 0 Å². The summed E-state index contributed by atoms with van der Waals surface area (Å²) in [6, 6.07) is 8.49. The van der Waals surface area contributed by atoms with Crippen molar-refractivity contribution in [1.29, 1.82) is 0 Å². The number of rotatable bonds is 5. The molecule has 1 saturated carbocycles. The highest BCUT2D eigenvalue weighted by Gasteiger charge is 2.20. The molecule has 0 aromatic heterocycles. The molecule has 18 heavy (non-hydrogen) atoms. The van der Waals surface area contributed by atoms with Crippen LogP contribution in [0.1, 0.15) is 37.7 Å². The lowest BCUT2D eigenvalue weighted by atomic mass is 9.85. The summed E-state index contributed by atoms with van der Waals surface area (Å²) in [6.45, 7) is 0. The monoisotopic (exact) mass is 283 g/mol. The molecular weight excluding hydrogens is 262 g/mol. The lowest BCUT2D eigenvalue weighted by molar-refractivity contribution is 0.319. The first-order valence-electron chi connectivity index (χ1n) is 6.83. The first-order chi connectivity index (χ1) is 8.75. The van der Waals surface area contributed by atoms with Gasteiger partial charge in [-0.2, -0.15) is 11.8 Å². The molecular formula is C15H22ClNS. The molecule has 1 aliphatic carbocycles. The van der Waals surface area contributed by atoms with Crippen molar-refractivity contribution in [2.45, 2.75) is 43.9 Å². The lowest BCUT2D eigenvalue weighted by Gasteiger charge is -2.27. The smallest absolute Gasteiger partial charge is 0.0406 e. The van der Waals surface area contributed by atoms with E-state index in [-0.39, 0.29) is 0 Å². The summed E-state index contributed by atoms with van der Waals surface area (Å²) in [4.78, 5) is 0. The van der Waals surface area contributed by atoms with Crippen LogP contribution in [0.2, 0.25) is 5.02 Å². The average molecular weight is 284 g/mol. The van der Waals surface area contributed by atoms with E-state index in [1.165, 1.54) is 37.7 Å². The van der Waals surface area contributed by atoms with Gasteiger partial charge in [0, 0.05) is 22.6 Å². The Morgan fingerprint density at radius 3 is 2.50 bits per heavy atom. The summed E-state index contributed by atoms with van der Waals surface area (Å²) >= 11 is 7.82. The second-order valence-electron chi connectivity index (χ2n) is 5.20. The van der Waals surface area contributed by atoms with Crippen molar-refractivity contribution in [3.05, 3.63) is 34.9 Å². The van der Waals surface area contributed by atoms with E-state index in [4.69, 9.17) is 17.3 Å². The molecule has 1 aliphatic rings. The van der Waals surface area contributed by atoms with Crippen LogP contribution in [0.3, 0.4) is 0 Å². The molecule has 1 atom stereocenters. The third kappa shape index (κ3) is 4.49. The van der Waals surface area contributed by atoms with Gasteiger partial charge in [0.1, 0.15) is 0 Å². The Hall–Kier alpha value is -0.180. The normalized spacial score (nSPS) is 18.8. The Bertz CT molecular complexity index is 346. The second kappa shape index (κ2) is 7.42. The van der Waals surface area contributed by atoms with Gasteiger partial charge in [-0.3, -0.25) is 0 Å². The standard InChI is InChI=1S/C15H22ClNS/c16-14-8-6-12(7-9-14)10-18-11-15(17)13-4-2-1-3-5-13/h6-9,13,15H,1-5,10-11,17H2. The van der Waals surface area contributed by atoms with Crippen LogP contribution < -0.4 is 5.73 Å². The maximum Gasteiger partial charge on any atom is 0.0406 e. The van der Waals surface area contributed by atoms with Crippen LogP contribution in [0.5, 0.6) is 0 Å². The first-order valence-corrected chi connectivity index (χ1v) is 8.37. The molecule has 2 N–H and O–H groups in total. The minimum atomic E-state index is 0.377. The number of benzene rings is 1. The van der Waals surface area contributed by atoms with Crippen molar-refractivity contribution in [2.24, 2.45) is 11.7 Å². The molecule has 0 spiro atoms. The van der Waals surface area contributed by atoms with Crippen LogP contribution in [0.25, 0.3) is 0 Å². The van der Waals surface area contributed by atoms with E-state index in [0.717, 1.165) is 22.4 Å². The van der Waals surface area contributed by atoms with Crippen LogP contribution in [-0.2, 0) is 5.75 Å². The van der Waals surface area contributed by atoms with Gasteiger partial charge in [0.25, 0.3) is 0 Å². The highest BCUT2D eigenvalue weighted by molar-refractivity contribution is 7.98. The minimum absolute atomic E-state index is 0.377. The maximum absolute atomic E-state index is 6.29. The predicted octanol–water partition coefficient (Wildman–Crippen LogP) is 4.48. The van der Waals surface area contributed by atoms with E-state index in [9.17, 15) is 0 Å². The van der Waals surface area contributed by atoms with Crippen molar-refractivity contribution < 1.29 is 0 Å². The molecule has 1 aromatic rings. The van der Waals surface area contributed by atoms with Gasteiger partial charge >= 0.3 is 0 Å². The third-order valence-corrected chi connectivity index (χ3v) is 5.16. The van der Waals surface area contributed by atoms with Crippen LogP contribution in [0.15, 0.2) is 24.3 Å². The Kier molecular flexibility index (Phi) is 5.87. The fraction of sp³-hybridized carbons (Fsp3) is 0.600. The molecule has 2 rings (SSSR count). The quantitative estimate of drug-likeness (QED) is 0.862. The molecule has 1 fully saturated rings. The molecule has 1 aromatic carbocycles. The van der Waals surface area contributed by atoms with Gasteiger partial charge in [0.05, 0.1) is 0 Å². The molecule has 0 amide bonds. The number of hydrogen-bond donors (Lipinski definition) is 1. The first kappa shape index (κ1) is 14.2. The van der Waals surface area contributed by atoms with Crippen LogP contribution in [-0.4, -0.2) is 11.8 Å². The fourth-order valence-corrected chi connectivity index (χ4v) is 3.81. The van der Waals surface area contributed by atoms with Gasteiger partial charge in [0.2, 0.25) is 0 Å². The summed E-state index contributed by atoms with van der Waals surface area (Å²) < 4.78 is 0. The Balaban J connectivity index is 1.69. The highest BCUT2D eigenvalue weighted by atomic mass is 35.5. The van der Waals surface area contributed by atoms with Gasteiger partial charge in [-0.1, -0.05) is 43.0 Å². The number of thioether (sulfide) groups is 1. The van der Waals surface area contributed by atoms with Crippen molar-refractivity contribution >= 4 is 23.4 Å². The molecule has 100 valence electrons. The van der Waals surface area contributed by atoms with E-state index in [0.29, 0.717) is 6.04 Å². The van der Waals surface area contributed by atoms with Crippen molar-refractivity contribution in [3.8, 4) is 0 Å². The van der Waals surface area contributed by atoms with E-state index >= 15 is 0 Å². The zero-order valence-corrected chi connectivity index (χ0v) is 12.3. The topological polar surface area (TPSA) is 26.0 Å². The number of halogens is 1. The minimum Gasteiger partial charge on any atom is -0.327 e. The number of hydrogen-bond acceptors (Lipinski definition) is 2. The Morgan fingerprint density at radius 1 is 1.17 bits per heavy atom. The number of nitrogens with two attached hydrogens (primary N) is 1. The van der Waals surface area contributed by atoms with E-state index in [2.05, 4.69) is 12.1 Å². The SMILES string of the molecule is NC(CSCc1ccc(Cl)cc1)C1CCCCC1. The van der Waals surface area contributed by atoms with Gasteiger partial charge in [-0.25, -0.2) is 0 Å². The molecule has 1 unspecified atom stereocenters. The summed E-state index contributed by atoms with van der Waals surface area (Å²) in [5.41, 5.74) is 7.63. The lowest BCUT2D eigenvalue weighted by Crippen LogP contribution is -2.33. The van der Waals surface area contributed by atoms with Gasteiger partial charge in [-0.05, 0) is 36.5 Å². The molecule has 0 bridgehead atoms. The highest BCUT2D eigenvalue weighted by Crippen LogP contribution is 2.27. The maximum atomic E-state index is 6.29. The van der Waals surface area contributed by atoms with E-state index in [1.54, 1.807) is 0 Å². The Labute approximate surface area is 119 Å². The second-order valence-corrected chi connectivity index (χ2v) is 6.67. The van der Waals surface area contributed by atoms with E-state index < -0.39 is 0 Å². The fourth-order valence-electron chi connectivity index (χ4n) is 2.59. The van der Waals surface area contributed by atoms with Crippen molar-refractivity contribution in [1.82, 2.24) is 0 Å².